The zero-order valence-electron chi connectivity index (χ0n) is 16.6. The summed E-state index contributed by atoms with van der Waals surface area (Å²) in [6.45, 7) is 2.10. The third-order valence-electron chi connectivity index (χ3n) is 5.52. The van der Waals surface area contributed by atoms with Crippen molar-refractivity contribution in [1.29, 1.82) is 0 Å². The van der Waals surface area contributed by atoms with Gasteiger partial charge in [-0.1, -0.05) is 42.0 Å². The Kier molecular flexibility index (Phi) is 4.81. The Morgan fingerprint density at radius 1 is 0.867 bits per heavy atom. The summed E-state index contributed by atoms with van der Waals surface area (Å²) < 4.78 is 2.15. The maximum atomic E-state index is 5.79. The summed E-state index contributed by atoms with van der Waals surface area (Å²) in [6, 6.07) is 27.0. The number of para-hydroxylation sites is 1. The molecule has 1 saturated heterocycles. The Morgan fingerprint density at radius 2 is 1.63 bits per heavy atom. The van der Waals surface area contributed by atoms with Crippen LogP contribution in [0, 0.1) is 6.92 Å². The molecular formula is C25H22N4S. The molecule has 2 aromatic carbocycles. The van der Waals surface area contributed by atoms with Gasteiger partial charge in [0.15, 0.2) is 5.11 Å². The van der Waals surface area contributed by atoms with Crippen molar-refractivity contribution >= 4 is 23.0 Å². The molecule has 1 N–H and O–H groups in total. The topological polar surface area (TPSA) is 33.1 Å². The van der Waals surface area contributed by atoms with Gasteiger partial charge in [0.1, 0.15) is 0 Å². The van der Waals surface area contributed by atoms with E-state index in [4.69, 9.17) is 12.2 Å². The van der Waals surface area contributed by atoms with Crippen molar-refractivity contribution in [2.75, 3.05) is 4.90 Å². The molecular weight excluding hydrogens is 388 g/mol. The molecule has 4 nitrogen and oxygen atoms in total. The van der Waals surface area contributed by atoms with Gasteiger partial charge in [0.25, 0.3) is 0 Å². The van der Waals surface area contributed by atoms with Crippen LogP contribution in [0.2, 0.25) is 0 Å². The second-order valence-electron chi connectivity index (χ2n) is 7.52. The van der Waals surface area contributed by atoms with Gasteiger partial charge >= 0.3 is 0 Å². The van der Waals surface area contributed by atoms with Gasteiger partial charge in [0.05, 0.1) is 17.8 Å². The number of aryl methyl sites for hydroxylation is 1. The zero-order valence-corrected chi connectivity index (χ0v) is 17.5. The van der Waals surface area contributed by atoms with Crippen molar-refractivity contribution in [1.82, 2.24) is 14.9 Å². The molecule has 0 unspecified atom stereocenters. The van der Waals surface area contributed by atoms with Crippen LogP contribution in [0.5, 0.6) is 0 Å². The van der Waals surface area contributed by atoms with Crippen LogP contribution in [0.25, 0.3) is 5.69 Å². The summed E-state index contributed by atoms with van der Waals surface area (Å²) in [4.78, 5) is 6.83. The highest BCUT2D eigenvalue weighted by atomic mass is 32.1. The lowest BCUT2D eigenvalue weighted by Crippen LogP contribution is -2.29. The van der Waals surface area contributed by atoms with E-state index in [1.54, 1.807) is 0 Å². The third-order valence-corrected chi connectivity index (χ3v) is 5.84. The SMILES string of the molecule is Cc1ccc(N2C(=S)N[C@H](c3ccccn3)[C@@H]2c2ccn(-c3ccccc3)c2)cc1. The van der Waals surface area contributed by atoms with E-state index in [0.29, 0.717) is 5.11 Å². The fourth-order valence-electron chi connectivity index (χ4n) is 4.03. The van der Waals surface area contributed by atoms with Crippen LogP contribution in [0.1, 0.15) is 28.9 Å². The maximum Gasteiger partial charge on any atom is 0.174 e. The van der Waals surface area contributed by atoms with E-state index in [9.17, 15) is 0 Å². The molecule has 0 saturated carbocycles. The van der Waals surface area contributed by atoms with Crippen LogP contribution < -0.4 is 10.2 Å². The van der Waals surface area contributed by atoms with Gasteiger partial charge in [-0.15, -0.1) is 0 Å². The molecule has 30 heavy (non-hydrogen) atoms. The summed E-state index contributed by atoms with van der Waals surface area (Å²) >= 11 is 5.79. The Hall–Kier alpha value is -3.44. The molecule has 5 rings (SSSR count). The van der Waals surface area contributed by atoms with E-state index in [2.05, 4.69) is 99.7 Å². The number of nitrogens with zero attached hydrogens (tertiary/aromatic N) is 3. The Morgan fingerprint density at radius 3 is 2.37 bits per heavy atom. The first kappa shape index (κ1) is 18.6. The summed E-state index contributed by atoms with van der Waals surface area (Å²) in [6.07, 6.45) is 6.13. The smallest absolute Gasteiger partial charge is 0.174 e. The van der Waals surface area contributed by atoms with Gasteiger partial charge in [0, 0.05) is 30.0 Å². The van der Waals surface area contributed by atoms with E-state index in [0.717, 1.165) is 17.1 Å². The number of hydrogen-bond acceptors (Lipinski definition) is 2. The first-order valence-electron chi connectivity index (χ1n) is 10.0. The summed E-state index contributed by atoms with van der Waals surface area (Å²) in [5.41, 5.74) is 5.60. The van der Waals surface area contributed by atoms with E-state index >= 15 is 0 Å². The monoisotopic (exact) mass is 410 g/mol. The average Bonchev–Trinajstić information content (AvgIpc) is 3.40. The average molecular weight is 411 g/mol. The number of aromatic nitrogens is 2. The molecule has 1 aliphatic heterocycles. The van der Waals surface area contributed by atoms with Crippen molar-refractivity contribution in [3.05, 3.63) is 114 Å². The molecule has 0 spiro atoms. The number of benzene rings is 2. The first-order chi connectivity index (χ1) is 14.7. The molecule has 0 amide bonds. The molecule has 1 fully saturated rings. The number of pyridine rings is 1. The van der Waals surface area contributed by atoms with Crippen LogP contribution in [-0.4, -0.2) is 14.7 Å². The molecule has 0 aliphatic carbocycles. The molecule has 2 atom stereocenters. The van der Waals surface area contributed by atoms with E-state index in [1.807, 2.05) is 24.4 Å². The first-order valence-corrected chi connectivity index (χ1v) is 10.4. The van der Waals surface area contributed by atoms with E-state index < -0.39 is 0 Å². The van der Waals surface area contributed by atoms with Crippen molar-refractivity contribution in [3.63, 3.8) is 0 Å². The number of rotatable bonds is 4. The number of thiocarbonyl (C=S) groups is 1. The minimum atomic E-state index is -0.0355. The summed E-state index contributed by atoms with van der Waals surface area (Å²) in [5.74, 6) is 0. The highest BCUT2D eigenvalue weighted by molar-refractivity contribution is 7.80. The molecule has 0 bridgehead atoms. The second-order valence-corrected chi connectivity index (χ2v) is 7.91. The van der Waals surface area contributed by atoms with Crippen LogP contribution in [-0.2, 0) is 0 Å². The lowest BCUT2D eigenvalue weighted by Gasteiger charge is -2.27. The van der Waals surface area contributed by atoms with Crippen LogP contribution in [0.15, 0.2) is 97.5 Å². The number of hydrogen-bond donors (Lipinski definition) is 1. The van der Waals surface area contributed by atoms with Gasteiger partial charge in [-0.2, -0.15) is 0 Å². The quantitative estimate of drug-likeness (QED) is 0.459. The largest absolute Gasteiger partial charge is 0.351 e. The van der Waals surface area contributed by atoms with Crippen molar-refractivity contribution in [2.45, 2.75) is 19.0 Å². The highest BCUT2D eigenvalue weighted by Gasteiger charge is 2.41. The lowest BCUT2D eigenvalue weighted by atomic mass is 9.98. The van der Waals surface area contributed by atoms with Crippen LogP contribution in [0.3, 0.4) is 0 Å². The maximum absolute atomic E-state index is 5.79. The molecule has 1 aliphatic rings. The number of anilines is 1. The van der Waals surface area contributed by atoms with E-state index in [-0.39, 0.29) is 12.1 Å². The fraction of sp³-hybridized carbons (Fsp3) is 0.120. The van der Waals surface area contributed by atoms with Gasteiger partial charge < -0.3 is 14.8 Å². The third kappa shape index (κ3) is 3.37. The second kappa shape index (κ2) is 7.76. The van der Waals surface area contributed by atoms with Crippen LogP contribution in [0.4, 0.5) is 5.69 Å². The van der Waals surface area contributed by atoms with Crippen molar-refractivity contribution in [3.8, 4) is 5.69 Å². The predicted octanol–water partition coefficient (Wildman–Crippen LogP) is 5.36. The van der Waals surface area contributed by atoms with Gasteiger partial charge in [0.2, 0.25) is 0 Å². The predicted molar refractivity (Wildman–Crippen MR) is 125 cm³/mol. The molecule has 2 aromatic heterocycles. The van der Waals surface area contributed by atoms with Crippen molar-refractivity contribution < 1.29 is 0 Å². The highest BCUT2D eigenvalue weighted by Crippen LogP contribution is 2.41. The normalized spacial score (nSPS) is 18.4. The minimum absolute atomic E-state index is 0.0000633. The molecule has 0 radical (unpaired) electrons. The van der Waals surface area contributed by atoms with Gasteiger partial charge in [-0.3, -0.25) is 4.98 Å². The Bertz CT molecular complexity index is 1150. The summed E-state index contributed by atoms with van der Waals surface area (Å²) in [5, 5.41) is 4.23. The van der Waals surface area contributed by atoms with Gasteiger partial charge in [-0.05, 0) is 67.2 Å². The Balaban J connectivity index is 1.60. The standard InChI is InChI=1S/C25H22N4S/c1-18-10-12-21(13-11-18)29-24(23(27-25(29)30)22-9-5-6-15-26-22)19-14-16-28(17-19)20-7-3-2-4-8-20/h2-17,23-24H,1H3,(H,27,30)/t23-,24+/m1/s1. The molecule has 5 heteroatoms. The van der Waals surface area contributed by atoms with Crippen LogP contribution >= 0.6 is 12.2 Å². The Labute approximate surface area is 181 Å². The van der Waals surface area contributed by atoms with E-state index in [1.165, 1.54) is 11.1 Å². The summed E-state index contributed by atoms with van der Waals surface area (Å²) in [7, 11) is 0. The number of nitrogens with one attached hydrogen (secondary N) is 1. The zero-order chi connectivity index (χ0) is 20.5. The molecule has 4 aromatic rings. The minimum Gasteiger partial charge on any atom is -0.351 e. The van der Waals surface area contributed by atoms with Gasteiger partial charge in [-0.25, -0.2) is 0 Å². The lowest BCUT2D eigenvalue weighted by molar-refractivity contribution is 0.568. The molecule has 148 valence electrons. The van der Waals surface area contributed by atoms with Crippen molar-refractivity contribution in [2.24, 2.45) is 0 Å². The fourth-order valence-corrected chi connectivity index (χ4v) is 4.37. The molecule has 3 heterocycles.